The van der Waals surface area contributed by atoms with Gasteiger partial charge in [0.05, 0.1) is 24.2 Å². The Kier molecular flexibility index (Phi) is 6.05. The van der Waals surface area contributed by atoms with Crippen molar-refractivity contribution in [2.75, 3.05) is 23.5 Å². The minimum atomic E-state index is -0.142. The number of carbonyl (C=O) groups excluding carboxylic acids is 2. The quantitative estimate of drug-likeness (QED) is 0.797. The molecule has 120 valence electrons. The first kappa shape index (κ1) is 16.9. The number of ether oxygens (including phenoxy) is 1. The Morgan fingerprint density at radius 1 is 1.00 bits per heavy atom. The van der Waals surface area contributed by atoms with Gasteiger partial charge in [-0.3, -0.25) is 9.59 Å². The molecule has 0 aliphatic carbocycles. The predicted molar refractivity (Wildman–Crippen MR) is 93.1 cm³/mol. The van der Waals surface area contributed by atoms with Crippen molar-refractivity contribution in [1.82, 2.24) is 0 Å². The molecule has 5 nitrogen and oxygen atoms in total. The van der Waals surface area contributed by atoms with Crippen molar-refractivity contribution in [3.63, 3.8) is 0 Å². The fourth-order valence-electron chi connectivity index (χ4n) is 1.96. The Balaban J connectivity index is 1.98. The average Bonchev–Trinajstić information content (AvgIpc) is 2.54. The molecule has 0 saturated carbocycles. The molecular weight excluding hydrogens is 312 g/mol. The molecule has 0 radical (unpaired) electrons. The number of carbonyl (C=O) groups is 2. The number of hydrogen-bond donors (Lipinski definition) is 2. The number of hydrogen-bond acceptors (Lipinski definition) is 4. The summed E-state index contributed by atoms with van der Waals surface area (Å²) in [5, 5.41) is 5.57. The molecule has 6 heteroatoms. The second-order valence-electron chi connectivity index (χ2n) is 4.71. The highest BCUT2D eigenvalue weighted by Crippen LogP contribution is 2.28. The van der Waals surface area contributed by atoms with E-state index in [-0.39, 0.29) is 17.6 Å². The average molecular weight is 330 g/mol. The van der Waals surface area contributed by atoms with Crippen LogP contribution in [0.4, 0.5) is 11.4 Å². The first-order chi connectivity index (χ1) is 11.1. The highest BCUT2D eigenvalue weighted by atomic mass is 32.2. The number of benzene rings is 2. The van der Waals surface area contributed by atoms with Gasteiger partial charge in [0.1, 0.15) is 5.75 Å². The van der Waals surface area contributed by atoms with Gasteiger partial charge in [-0.25, -0.2) is 0 Å². The first-order valence-corrected chi connectivity index (χ1v) is 8.01. The van der Waals surface area contributed by atoms with E-state index in [4.69, 9.17) is 4.74 Å². The number of para-hydroxylation sites is 3. The lowest BCUT2D eigenvalue weighted by atomic mass is 10.3. The minimum absolute atomic E-state index is 0.142. The smallest absolute Gasteiger partial charge is 0.234 e. The van der Waals surface area contributed by atoms with Crippen LogP contribution in [0.5, 0.6) is 5.75 Å². The summed E-state index contributed by atoms with van der Waals surface area (Å²) in [6.45, 7) is 1.45. The Morgan fingerprint density at radius 3 is 2.35 bits per heavy atom. The lowest BCUT2D eigenvalue weighted by molar-refractivity contribution is -0.114. The maximum atomic E-state index is 12.1. The fraction of sp³-hybridized carbons (Fsp3) is 0.176. The van der Waals surface area contributed by atoms with Gasteiger partial charge in [0.25, 0.3) is 0 Å². The monoisotopic (exact) mass is 330 g/mol. The van der Waals surface area contributed by atoms with E-state index in [1.807, 2.05) is 36.4 Å². The molecule has 0 heterocycles. The molecule has 23 heavy (non-hydrogen) atoms. The van der Waals surface area contributed by atoms with Crippen LogP contribution in [-0.2, 0) is 9.59 Å². The Bertz CT molecular complexity index is 704. The third-order valence-electron chi connectivity index (χ3n) is 2.94. The van der Waals surface area contributed by atoms with Crippen LogP contribution in [0.15, 0.2) is 53.4 Å². The van der Waals surface area contributed by atoms with Gasteiger partial charge in [-0.2, -0.15) is 0 Å². The topological polar surface area (TPSA) is 67.4 Å². The van der Waals surface area contributed by atoms with Gasteiger partial charge in [0.15, 0.2) is 0 Å². The molecule has 2 amide bonds. The minimum Gasteiger partial charge on any atom is -0.495 e. The van der Waals surface area contributed by atoms with Crippen LogP contribution in [0.25, 0.3) is 0 Å². The van der Waals surface area contributed by atoms with Crippen LogP contribution in [0.1, 0.15) is 6.92 Å². The summed E-state index contributed by atoms with van der Waals surface area (Å²) in [7, 11) is 1.56. The normalized spacial score (nSPS) is 10.0. The maximum Gasteiger partial charge on any atom is 0.234 e. The van der Waals surface area contributed by atoms with E-state index in [2.05, 4.69) is 10.6 Å². The third-order valence-corrected chi connectivity index (χ3v) is 4.01. The van der Waals surface area contributed by atoms with E-state index in [1.165, 1.54) is 18.7 Å². The van der Waals surface area contributed by atoms with Crippen molar-refractivity contribution < 1.29 is 14.3 Å². The second kappa shape index (κ2) is 8.24. The van der Waals surface area contributed by atoms with Gasteiger partial charge in [-0.05, 0) is 24.3 Å². The van der Waals surface area contributed by atoms with E-state index in [0.717, 1.165) is 4.90 Å². The van der Waals surface area contributed by atoms with Gasteiger partial charge >= 0.3 is 0 Å². The van der Waals surface area contributed by atoms with E-state index < -0.39 is 0 Å². The summed E-state index contributed by atoms with van der Waals surface area (Å²) in [4.78, 5) is 24.2. The molecule has 0 atom stereocenters. The zero-order valence-corrected chi connectivity index (χ0v) is 13.8. The number of anilines is 2. The van der Waals surface area contributed by atoms with Crippen LogP contribution < -0.4 is 15.4 Å². The summed E-state index contributed by atoms with van der Waals surface area (Å²) in [6, 6.07) is 14.6. The zero-order valence-electron chi connectivity index (χ0n) is 13.0. The van der Waals surface area contributed by atoms with Gasteiger partial charge in [0.2, 0.25) is 11.8 Å². The highest BCUT2D eigenvalue weighted by Gasteiger charge is 2.09. The lowest BCUT2D eigenvalue weighted by Gasteiger charge is -2.11. The Morgan fingerprint density at radius 2 is 1.65 bits per heavy atom. The van der Waals surface area contributed by atoms with Gasteiger partial charge in [-0.15, -0.1) is 11.8 Å². The number of thioether (sulfide) groups is 1. The van der Waals surface area contributed by atoms with E-state index >= 15 is 0 Å². The highest BCUT2D eigenvalue weighted by molar-refractivity contribution is 8.00. The van der Waals surface area contributed by atoms with Gasteiger partial charge < -0.3 is 15.4 Å². The van der Waals surface area contributed by atoms with Crippen molar-refractivity contribution in [2.45, 2.75) is 11.8 Å². The summed E-state index contributed by atoms with van der Waals surface area (Å²) in [5.74, 6) is 0.562. The molecule has 0 unspecified atom stereocenters. The van der Waals surface area contributed by atoms with E-state index in [0.29, 0.717) is 17.1 Å². The molecule has 0 aliphatic rings. The molecule has 0 aromatic heterocycles. The van der Waals surface area contributed by atoms with E-state index in [9.17, 15) is 9.59 Å². The number of nitrogens with one attached hydrogen (secondary N) is 2. The molecule has 0 aliphatic heterocycles. The first-order valence-electron chi connectivity index (χ1n) is 7.02. The van der Waals surface area contributed by atoms with Crippen LogP contribution in [0.2, 0.25) is 0 Å². The number of methoxy groups -OCH3 is 1. The maximum absolute atomic E-state index is 12.1. The van der Waals surface area contributed by atoms with Gasteiger partial charge in [0, 0.05) is 11.8 Å². The SMILES string of the molecule is COc1ccccc1NC(=O)CSc1ccccc1NC(C)=O. The molecule has 0 fully saturated rings. The summed E-state index contributed by atoms with van der Waals surface area (Å²) < 4.78 is 5.20. The Hall–Kier alpha value is -2.47. The molecule has 2 N–H and O–H groups in total. The molecule has 2 rings (SSSR count). The van der Waals surface area contributed by atoms with Crippen LogP contribution in [-0.4, -0.2) is 24.7 Å². The summed E-state index contributed by atoms with van der Waals surface area (Å²) >= 11 is 1.36. The second-order valence-corrected chi connectivity index (χ2v) is 5.73. The van der Waals surface area contributed by atoms with Crippen LogP contribution >= 0.6 is 11.8 Å². The van der Waals surface area contributed by atoms with Gasteiger partial charge in [-0.1, -0.05) is 24.3 Å². The van der Waals surface area contributed by atoms with Crippen LogP contribution in [0.3, 0.4) is 0 Å². The Labute approximate surface area is 139 Å². The standard InChI is InChI=1S/C17H18N2O3S/c1-12(20)18-14-8-4-6-10-16(14)23-11-17(21)19-13-7-3-5-9-15(13)22-2/h3-10H,11H2,1-2H3,(H,18,20)(H,19,21). The van der Waals surface area contributed by atoms with Crippen molar-refractivity contribution in [2.24, 2.45) is 0 Å². The summed E-state index contributed by atoms with van der Waals surface area (Å²) in [6.07, 6.45) is 0. The third kappa shape index (κ3) is 5.03. The van der Waals surface area contributed by atoms with Crippen molar-refractivity contribution in [1.29, 1.82) is 0 Å². The molecular formula is C17H18N2O3S. The zero-order chi connectivity index (χ0) is 16.7. The molecule has 2 aromatic rings. The molecule has 2 aromatic carbocycles. The van der Waals surface area contributed by atoms with Crippen molar-refractivity contribution in [3.05, 3.63) is 48.5 Å². The summed E-state index contributed by atoms with van der Waals surface area (Å²) in [5.41, 5.74) is 1.34. The molecule has 0 bridgehead atoms. The lowest BCUT2D eigenvalue weighted by Crippen LogP contribution is -2.15. The fourth-order valence-corrected chi connectivity index (χ4v) is 2.77. The molecule has 0 saturated heterocycles. The molecule has 0 spiro atoms. The van der Waals surface area contributed by atoms with E-state index in [1.54, 1.807) is 19.2 Å². The van der Waals surface area contributed by atoms with Crippen molar-refractivity contribution in [3.8, 4) is 5.75 Å². The largest absolute Gasteiger partial charge is 0.495 e. The predicted octanol–water partition coefficient (Wildman–Crippen LogP) is 3.38. The van der Waals surface area contributed by atoms with Crippen LogP contribution in [0, 0.1) is 0 Å². The number of rotatable bonds is 6. The number of amides is 2. The van der Waals surface area contributed by atoms with Crippen molar-refractivity contribution >= 4 is 35.0 Å².